The Morgan fingerprint density at radius 1 is 1.35 bits per heavy atom. The first-order valence-corrected chi connectivity index (χ1v) is 9.86. The maximum absolute atomic E-state index is 12.8. The summed E-state index contributed by atoms with van der Waals surface area (Å²) in [5, 5.41) is 2.64. The fourth-order valence-corrected chi connectivity index (χ4v) is 4.49. The van der Waals surface area contributed by atoms with E-state index < -0.39 is 33.4 Å². The molecule has 1 unspecified atom stereocenters. The number of benzene rings is 1. The maximum Gasteiger partial charge on any atom is 0.416 e. The van der Waals surface area contributed by atoms with Gasteiger partial charge in [0, 0.05) is 26.2 Å². The van der Waals surface area contributed by atoms with Crippen LogP contribution in [0, 0.1) is 5.92 Å². The Morgan fingerprint density at radius 2 is 2.08 bits per heavy atom. The zero-order chi connectivity index (χ0) is 19.4. The highest BCUT2D eigenvalue weighted by Crippen LogP contribution is 2.30. The number of carbonyl (C=O) groups is 1. The molecule has 26 heavy (non-hydrogen) atoms. The summed E-state index contributed by atoms with van der Waals surface area (Å²) in [6, 6.07) is 4.27. The molecule has 0 aromatic heterocycles. The lowest BCUT2D eigenvalue weighted by Gasteiger charge is -2.31. The zero-order valence-corrected chi connectivity index (χ0v) is 14.9. The first-order chi connectivity index (χ1) is 12.1. The van der Waals surface area contributed by atoms with Crippen LogP contribution >= 0.6 is 0 Å². The summed E-state index contributed by atoms with van der Waals surface area (Å²) in [4.78, 5) is 12.0. The molecule has 1 aliphatic heterocycles. The Bertz CT molecular complexity index is 738. The van der Waals surface area contributed by atoms with Crippen molar-refractivity contribution in [2.75, 3.05) is 26.2 Å². The topological polar surface area (TPSA) is 92.5 Å². The number of halogens is 3. The van der Waals surface area contributed by atoms with Crippen LogP contribution in [0.5, 0.6) is 0 Å². The molecule has 3 N–H and O–H groups in total. The van der Waals surface area contributed by atoms with Crippen molar-refractivity contribution in [1.29, 1.82) is 0 Å². The Labute approximate surface area is 150 Å². The molecule has 1 saturated heterocycles. The van der Waals surface area contributed by atoms with E-state index in [0.29, 0.717) is 19.4 Å². The fraction of sp³-hybridized carbons (Fsp3) is 0.562. The number of carbonyl (C=O) groups excluding carboxylic acids is 1. The van der Waals surface area contributed by atoms with Gasteiger partial charge < -0.3 is 11.1 Å². The van der Waals surface area contributed by atoms with E-state index in [-0.39, 0.29) is 31.1 Å². The van der Waals surface area contributed by atoms with Crippen LogP contribution in [0.15, 0.2) is 24.3 Å². The number of rotatable bonds is 6. The van der Waals surface area contributed by atoms with Crippen LogP contribution in [0.1, 0.15) is 24.0 Å². The number of hydrogen-bond donors (Lipinski definition) is 2. The van der Waals surface area contributed by atoms with Crippen molar-refractivity contribution in [3.05, 3.63) is 35.4 Å². The highest BCUT2D eigenvalue weighted by molar-refractivity contribution is 7.88. The van der Waals surface area contributed by atoms with E-state index in [2.05, 4.69) is 5.32 Å². The largest absolute Gasteiger partial charge is 0.416 e. The van der Waals surface area contributed by atoms with Gasteiger partial charge in [-0.05, 0) is 24.5 Å². The quantitative estimate of drug-likeness (QED) is 0.763. The normalized spacial score (nSPS) is 19.3. The van der Waals surface area contributed by atoms with Crippen molar-refractivity contribution in [2.24, 2.45) is 11.7 Å². The van der Waals surface area contributed by atoms with Gasteiger partial charge in [0.2, 0.25) is 15.9 Å². The summed E-state index contributed by atoms with van der Waals surface area (Å²) in [6.45, 7) is 0.877. The second-order valence-corrected chi connectivity index (χ2v) is 8.20. The Balaban J connectivity index is 2.08. The Morgan fingerprint density at radius 3 is 2.73 bits per heavy atom. The third kappa shape index (κ3) is 5.42. The van der Waals surface area contributed by atoms with Crippen LogP contribution in [0.4, 0.5) is 13.2 Å². The van der Waals surface area contributed by atoms with Gasteiger partial charge in [0.15, 0.2) is 0 Å². The predicted molar refractivity (Wildman–Crippen MR) is 90.4 cm³/mol. The van der Waals surface area contributed by atoms with E-state index >= 15 is 0 Å². The number of alkyl halides is 3. The molecule has 2 rings (SSSR count). The van der Waals surface area contributed by atoms with E-state index in [1.54, 1.807) is 0 Å². The average molecular weight is 393 g/mol. The molecular weight excluding hydrogens is 371 g/mol. The van der Waals surface area contributed by atoms with E-state index in [9.17, 15) is 26.4 Å². The molecule has 0 aliphatic carbocycles. The van der Waals surface area contributed by atoms with Crippen molar-refractivity contribution in [3.8, 4) is 0 Å². The molecule has 1 aliphatic rings. The molecule has 1 fully saturated rings. The third-order valence-corrected chi connectivity index (χ3v) is 6.01. The molecule has 1 atom stereocenters. The maximum atomic E-state index is 12.8. The molecule has 1 heterocycles. The first kappa shape index (κ1) is 20.7. The van der Waals surface area contributed by atoms with Crippen LogP contribution in [-0.4, -0.2) is 44.8 Å². The molecule has 1 aromatic rings. The van der Waals surface area contributed by atoms with Crippen LogP contribution in [-0.2, 0) is 26.7 Å². The first-order valence-electron chi connectivity index (χ1n) is 8.25. The van der Waals surface area contributed by atoms with Gasteiger partial charge in [0.05, 0.1) is 17.2 Å². The molecule has 1 aromatic carbocycles. The zero-order valence-electron chi connectivity index (χ0n) is 14.1. The second kappa shape index (κ2) is 8.36. The number of sulfonamides is 1. The van der Waals surface area contributed by atoms with Gasteiger partial charge in [-0.1, -0.05) is 18.2 Å². The molecule has 0 spiro atoms. The van der Waals surface area contributed by atoms with Gasteiger partial charge in [-0.15, -0.1) is 0 Å². The molecular formula is C16H22F3N3O3S. The monoisotopic (exact) mass is 393 g/mol. The number of piperidine rings is 1. The summed E-state index contributed by atoms with van der Waals surface area (Å²) >= 11 is 0. The molecule has 0 saturated carbocycles. The minimum absolute atomic E-state index is 0.0255. The van der Waals surface area contributed by atoms with Gasteiger partial charge in [0.25, 0.3) is 0 Å². The molecule has 10 heteroatoms. The number of nitrogens with one attached hydrogen (secondary N) is 1. The standard InChI is InChI=1S/C16H22F3N3O3S/c17-16(18,19)14-5-1-3-12(9-14)11-26(24,25)22-8-2-4-13(10-22)15(23)21-7-6-20/h1,3,5,9,13H,2,4,6-8,10-11,20H2,(H,21,23). The second-order valence-electron chi connectivity index (χ2n) is 6.23. The van der Waals surface area contributed by atoms with Crippen LogP contribution in [0.25, 0.3) is 0 Å². The van der Waals surface area contributed by atoms with E-state index in [0.717, 1.165) is 12.1 Å². The lowest BCUT2D eigenvalue weighted by atomic mass is 9.99. The van der Waals surface area contributed by atoms with Crippen LogP contribution < -0.4 is 11.1 Å². The van der Waals surface area contributed by atoms with Gasteiger partial charge in [-0.2, -0.15) is 13.2 Å². The SMILES string of the molecule is NCCNC(=O)C1CCCN(S(=O)(=O)Cc2cccc(C(F)(F)F)c2)C1. The summed E-state index contributed by atoms with van der Waals surface area (Å²) in [5.41, 5.74) is 4.51. The number of nitrogens with two attached hydrogens (primary N) is 1. The van der Waals surface area contributed by atoms with Gasteiger partial charge in [0.1, 0.15) is 0 Å². The molecule has 146 valence electrons. The van der Waals surface area contributed by atoms with E-state index in [1.807, 2.05) is 0 Å². The summed E-state index contributed by atoms with van der Waals surface area (Å²) < 4.78 is 64.7. The third-order valence-electron chi connectivity index (χ3n) is 4.20. The number of nitrogens with zero attached hydrogens (tertiary/aromatic N) is 1. The Kier molecular flexibility index (Phi) is 6.64. The van der Waals surface area contributed by atoms with Crippen molar-refractivity contribution >= 4 is 15.9 Å². The lowest BCUT2D eigenvalue weighted by Crippen LogP contribution is -2.46. The van der Waals surface area contributed by atoms with Crippen molar-refractivity contribution in [3.63, 3.8) is 0 Å². The van der Waals surface area contributed by atoms with Gasteiger partial charge in [-0.3, -0.25) is 4.79 Å². The fourth-order valence-electron chi connectivity index (χ4n) is 2.89. The molecule has 6 nitrogen and oxygen atoms in total. The minimum atomic E-state index is -4.53. The van der Waals surface area contributed by atoms with Crippen molar-refractivity contribution in [2.45, 2.75) is 24.8 Å². The molecule has 0 radical (unpaired) electrons. The van der Waals surface area contributed by atoms with E-state index in [4.69, 9.17) is 5.73 Å². The number of hydrogen-bond acceptors (Lipinski definition) is 4. The van der Waals surface area contributed by atoms with Gasteiger partial charge in [-0.25, -0.2) is 12.7 Å². The summed E-state index contributed by atoms with van der Waals surface area (Å²) in [5.74, 6) is -1.27. The molecule has 1 amide bonds. The lowest BCUT2D eigenvalue weighted by molar-refractivity contribution is -0.137. The highest BCUT2D eigenvalue weighted by Gasteiger charge is 2.33. The average Bonchev–Trinajstić information content (AvgIpc) is 2.59. The number of amides is 1. The van der Waals surface area contributed by atoms with Crippen molar-refractivity contribution in [1.82, 2.24) is 9.62 Å². The van der Waals surface area contributed by atoms with Crippen LogP contribution in [0.3, 0.4) is 0 Å². The Hall–Kier alpha value is -1.65. The summed E-state index contributed by atoms with van der Waals surface area (Å²) in [7, 11) is -3.82. The smallest absolute Gasteiger partial charge is 0.355 e. The predicted octanol–water partition coefficient (Wildman–Crippen LogP) is 1.32. The van der Waals surface area contributed by atoms with Gasteiger partial charge >= 0.3 is 6.18 Å². The molecule has 0 bridgehead atoms. The highest BCUT2D eigenvalue weighted by atomic mass is 32.2. The van der Waals surface area contributed by atoms with E-state index in [1.165, 1.54) is 16.4 Å². The minimum Gasteiger partial charge on any atom is -0.355 e. The summed E-state index contributed by atoms with van der Waals surface area (Å²) in [6.07, 6.45) is -3.45. The van der Waals surface area contributed by atoms with Crippen LogP contribution in [0.2, 0.25) is 0 Å². The van der Waals surface area contributed by atoms with Crippen molar-refractivity contribution < 1.29 is 26.4 Å².